The number of unbranched alkanes of at least 4 members (excludes halogenated alkanes) is 3. The van der Waals surface area contributed by atoms with E-state index >= 15 is 0 Å². The van der Waals surface area contributed by atoms with E-state index in [0.29, 0.717) is 37.6 Å². The van der Waals surface area contributed by atoms with Crippen molar-refractivity contribution < 1.29 is 47.7 Å². The van der Waals surface area contributed by atoms with Gasteiger partial charge in [-0.05, 0) is 148 Å². The van der Waals surface area contributed by atoms with Crippen molar-refractivity contribution in [2.75, 3.05) is 39.3 Å². The van der Waals surface area contributed by atoms with E-state index < -0.39 is 58.0 Å². The van der Waals surface area contributed by atoms with Crippen molar-refractivity contribution in [1.29, 1.82) is 0 Å². The zero-order valence-corrected chi connectivity index (χ0v) is 46.0. The summed E-state index contributed by atoms with van der Waals surface area (Å²) in [6.07, 6.45) is 2.98. The van der Waals surface area contributed by atoms with Crippen LogP contribution in [0.2, 0.25) is 0 Å². The summed E-state index contributed by atoms with van der Waals surface area (Å²) in [7, 11) is 0. The van der Waals surface area contributed by atoms with E-state index in [1.165, 1.54) is 0 Å². The fraction of sp³-hybridized carbons (Fsp3) is 0.694. The fourth-order valence-electron chi connectivity index (χ4n) is 6.55. The molecular formula is C49H78Br2N6O10. The second kappa shape index (κ2) is 26.3. The van der Waals surface area contributed by atoms with Crippen LogP contribution in [0.4, 0.5) is 4.79 Å². The first kappa shape index (κ1) is 59.4. The third-order valence-corrected chi connectivity index (χ3v) is 9.41. The minimum atomic E-state index is -0.709. The Kier molecular flexibility index (Phi) is 23.3. The van der Waals surface area contributed by atoms with Gasteiger partial charge in [-0.1, -0.05) is 44.7 Å². The first-order chi connectivity index (χ1) is 30.6. The molecule has 0 aliphatic rings. The van der Waals surface area contributed by atoms with Crippen molar-refractivity contribution >= 4 is 61.8 Å². The average molecular weight is 1070 g/mol. The van der Waals surface area contributed by atoms with Gasteiger partial charge in [0.25, 0.3) is 0 Å². The van der Waals surface area contributed by atoms with Crippen molar-refractivity contribution in [3.05, 3.63) is 56.0 Å². The van der Waals surface area contributed by atoms with Crippen LogP contribution in [-0.4, -0.2) is 122 Å². The average Bonchev–Trinajstić information content (AvgIpc) is 3.06. The van der Waals surface area contributed by atoms with Crippen LogP contribution in [0.3, 0.4) is 0 Å². The molecule has 0 aromatic carbocycles. The number of ether oxygens (including phenoxy) is 5. The number of esters is 4. The molecule has 67 heavy (non-hydrogen) atoms. The number of hydrogen-bond acceptors (Lipinski definition) is 15. The number of hydrogen-bond donors (Lipinski definition) is 1. The van der Waals surface area contributed by atoms with Gasteiger partial charge in [0.15, 0.2) is 0 Å². The Morgan fingerprint density at radius 1 is 0.448 bits per heavy atom. The monoisotopic (exact) mass is 1070 g/mol. The second-order valence-corrected chi connectivity index (χ2v) is 23.6. The lowest BCUT2D eigenvalue weighted by atomic mass is 10.1. The molecule has 0 atom stereocenters. The Bertz CT molecular complexity index is 1770. The predicted octanol–water partition coefficient (Wildman–Crippen LogP) is 9.06. The summed E-state index contributed by atoms with van der Waals surface area (Å²) in [6, 6.07) is 7.60. The van der Waals surface area contributed by atoms with Crippen LogP contribution in [0.15, 0.2) is 33.2 Å². The van der Waals surface area contributed by atoms with Crippen LogP contribution in [0, 0.1) is 0 Å². The van der Waals surface area contributed by atoms with Gasteiger partial charge in [0, 0.05) is 41.7 Å². The molecule has 2 heterocycles. The molecule has 2 aromatic rings. The van der Waals surface area contributed by atoms with Gasteiger partial charge >= 0.3 is 30.0 Å². The van der Waals surface area contributed by atoms with Crippen LogP contribution >= 0.6 is 31.9 Å². The van der Waals surface area contributed by atoms with E-state index in [1.54, 1.807) is 92.9 Å². The third kappa shape index (κ3) is 29.7. The SMILES string of the molecule is CC(C)(C)OC(=O)CN(CC(=O)OC(C)(C)C)Cc1cc(Br)cc(CN(CCCCCCNC(=O)OC(C)(C)C)Cc2cc(Br)cc(CN(CC(=O)OC(C)(C)C)CC(=O)OC(C)(C)C)n2)n1. The second-order valence-electron chi connectivity index (χ2n) is 21.7. The number of halogens is 2. The van der Waals surface area contributed by atoms with E-state index in [4.69, 9.17) is 33.7 Å². The highest BCUT2D eigenvalue weighted by Crippen LogP contribution is 2.21. The summed E-state index contributed by atoms with van der Waals surface area (Å²) in [4.78, 5) is 79.8. The van der Waals surface area contributed by atoms with Gasteiger partial charge in [0.2, 0.25) is 0 Å². The molecule has 16 nitrogen and oxygen atoms in total. The summed E-state index contributed by atoms with van der Waals surface area (Å²) < 4.78 is 29.3. The van der Waals surface area contributed by atoms with E-state index in [-0.39, 0.29) is 39.3 Å². The van der Waals surface area contributed by atoms with Crippen LogP contribution in [0.25, 0.3) is 0 Å². The Labute approximate surface area is 416 Å². The molecule has 18 heteroatoms. The molecule has 1 N–H and O–H groups in total. The number of carbonyl (C=O) groups excluding carboxylic acids is 5. The first-order valence-corrected chi connectivity index (χ1v) is 24.5. The number of amides is 1. The van der Waals surface area contributed by atoms with Crippen LogP contribution < -0.4 is 5.32 Å². The molecule has 0 bridgehead atoms. The van der Waals surface area contributed by atoms with Gasteiger partial charge in [0.05, 0.1) is 49.0 Å². The van der Waals surface area contributed by atoms with Gasteiger partial charge in [0.1, 0.15) is 28.0 Å². The molecule has 2 rings (SSSR count). The zero-order valence-electron chi connectivity index (χ0n) is 42.8. The minimum Gasteiger partial charge on any atom is -0.459 e. The third-order valence-electron chi connectivity index (χ3n) is 8.50. The molecule has 0 aliphatic heterocycles. The van der Waals surface area contributed by atoms with Crippen molar-refractivity contribution in [1.82, 2.24) is 30.0 Å². The Morgan fingerprint density at radius 3 is 1.03 bits per heavy atom. The standard InChI is InChI=1S/C49H78Br2N6O10/c1-45(2,3)63-40(58)30-56(31-41(59)64-46(4,5)6)28-38-24-34(50)22-36(53-38)26-55(21-19-17-16-18-20-52-44(62)67-49(13,14)15)27-37-23-35(51)25-39(54-37)29-57(32-42(60)65-47(7,8)9)33-43(61)66-48(10,11)12/h22-25H,16-21,26-33H2,1-15H3,(H,52,62). The molecule has 0 unspecified atom stereocenters. The van der Waals surface area contributed by atoms with Gasteiger partial charge < -0.3 is 29.0 Å². The fourth-order valence-corrected chi connectivity index (χ4v) is 7.61. The Hall–Kier alpha value is -3.71. The maximum atomic E-state index is 13.0. The van der Waals surface area contributed by atoms with Gasteiger partial charge in [-0.2, -0.15) is 0 Å². The molecule has 0 saturated heterocycles. The van der Waals surface area contributed by atoms with Gasteiger partial charge in [-0.3, -0.25) is 43.8 Å². The Morgan fingerprint density at radius 2 is 0.731 bits per heavy atom. The van der Waals surface area contributed by atoms with E-state index in [9.17, 15) is 24.0 Å². The maximum absolute atomic E-state index is 13.0. The number of pyridine rings is 2. The molecule has 0 saturated carbocycles. The van der Waals surface area contributed by atoms with Crippen LogP contribution in [0.1, 0.15) is 152 Å². The quantitative estimate of drug-likeness (QED) is 0.0633. The molecule has 1 amide bonds. The largest absolute Gasteiger partial charge is 0.459 e. The number of rotatable bonds is 23. The zero-order chi connectivity index (χ0) is 51.0. The lowest BCUT2D eigenvalue weighted by Crippen LogP contribution is -2.39. The summed E-state index contributed by atoms with van der Waals surface area (Å²) in [6.45, 7) is 28.8. The molecule has 0 aliphatic carbocycles. The van der Waals surface area contributed by atoms with Crippen molar-refractivity contribution in [2.45, 2.75) is 184 Å². The highest BCUT2D eigenvalue weighted by Gasteiger charge is 2.27. The molecule has 0 radical (unpaired) electrons. The van der Waals surface area contributed by atoms with Gasteiger partial charge in [-0.15, -0.1) is 0 Å². The topological polar surface area (TPSA) is 179 Å². The van der Waals surface area contributed by atoms with E-state index in [0.717, 1.165) is 46.0 Å². The number of nitrogens with one attached hydrogen (secondary N) is 1. The number of alkyl carbamates (subject to hydrolysis) is 1. The molecular weight excluding hydrogens is 992 g/mol. The number of aromatic nitrogens is 2. The van der Waals surface area contributed by atoms with E-state index in [1.807, 2.05) is 45.0 Å². The lowest BCUT2D eigenvalue weighted by molar-refractivity contribution is -0.162. The first-order valence-electron chi connectivity index (χ1n) is 22.9. The summed E-state index contributed by atoms with van der Waals surface area (Å²) >= 11 is 7.35. The minimum absolute atomic E-state index is 0.149. The highest BCUT2D eigenvalue weighted by molar-refractivity contribution is 9.10. The number of carbonyl (C=O) groups is 5. The summed E-state index contributed by atoms with van der Waals surface area (Å²) in [5.41, 5.74) is -0.647. The highest BCUT2D eigenvalue weighted by atomic mass is 79.9. The molecule has 0 fully saturated rings. The lowest BCUT2D eigenvalue weighted by Gasteiger charge is -2.27. The van der Waals surface area contributed by atoms with E-state index in [2.05, 4.69) is 42.1 Å². The van der Waals surface area contributed by atoms with Crippen molar-refractivity contribution in [3.63, 3.8) is 0 Å². The molecule has 2 aromatic heterocycles. The normalized spacial score (nSPS) is 12.6. The smallest absolute Gasteiger partial charge is 0.407 e. The van der Waals surface area contributed by atoms with Crippen molar-refractivity contribution in [2.24, 2.45) is 0 Å². The predicted molar refractivity (Wildman–Crippen MR) is 265 cm³/mol. The number of nitrogens with zero attached hydrogens (tertiary/aromatic N) is 5. The molecule has 378 valence electrons. The summed E-state index contributed by atoms with van der Waals surface area (Å²) in [5.74, 6) is -1.90. The van der Waals surface area contributed by atoms with Gasteiger partial charge in [-0.25, -0.2) is 4.79 Å². The Balaban J connectivity index is 2.44. The maximum Gasteiger partial charge on any atom is 0.407 e. The summed E-state index contributed by atoms with van der Waals surface area (Å²) in [5, 5.41) is 2.83. The molecule has 0 spiro atoms. The van der Waals surface area contributed by atoms with Crippen molar-refractivity contribution in [3.8, 4) is 0 Å². The van der Waals surface area contributed by atoms with Crippen LogP contribution in [-0.2, 0) is 69.0 Å². The van der Waals surface area contributed by atoms with Crippen LogP contribution in [0.5, 0.6) is 0 Å².